The van der Waals surface area contributed by atoms with Gasteiger partial charge in [-0.15, -0.1) is 0 Å². The number of nitrogens with one attached hydrogen (secondary N) is 2. The Kier molecular flexibility index (Phi) is 6.89. The zero-order valence-electron chi connectivity index (χ0n) is 15.9. The first-order chi connectivity index (χ1) is 14.2. The molecular weight excluding hydrogens is 371 g/mol. The van der Waals surface area contributed by atoms with Gasteiger partial charge in [0.1, 0.15) is 11.6 Å². The van der Waals surface area contributed by atoms with E-state index in [0.29, 0.717) is 23.6 Å². The molecule has 3 aromatic rings. The van der Waals surface area contributed by atoms with E-state index in [1.165, 1.54) is 24.3 Å². The number of aliphatic imine (C=N–C) groups is 1. The van der Waals surface area contributed by atoms with Crippen molar-refractivity contribution in [1.82, 2.24) is 10.3 Å². The fraction of sp³-hybridized carbons (Fsp3) is 0.136. The second-order valence-corrected chi connectivity index (χ2v) is 6.00. The van der Waals surface area contributed by atoms with Crippen LogP contribution in [0.25, 0.3) is 0 Å². The van der Waals surface area contributed by atoms with Gasteiger partial charge in [0.15, 0.2) is 0 Å². The Bertz CT molecular complexity index is 976. The molecule has 2 aromatic carbocycles. The second-order valence-electron chi connectivity index (χ2n) is 6.00. The van der Waals surface area contributed by atoms with E-state index < -0.39 is 11.7 Å². The minimum absolute atomic E-state index is 0.233. The summed E-state index contributed by atoms with van der Waals surface area (Å²) < 4.78 is 18.8. The van der Waals surface area contributed by atoms with Gasteiger partial charge in [0, 0.05) is 11.8 Å². The minimum Gasteiger partial charge on any atom is -0.492 e. The van der Waals surface area contributed by atoms with Crippen LogP contribution in [0.3, 0.4) is 0 Å². The lowest BCUT2D eigenvalue weighted by Crippen LogP contribution is -2.36. The Morgan fingerprint density at radius 3 is 2.55 bits per heavy atom. The van der Waals surface area contributed by atoms with Gasteiger partial charge in [-0.05, 0) is 55.5 Å². The van der Waals surface area contributed by atoms with Gasteiger partial charge >= 0.3 is 0 Å². The number of guanidine groups is 1. The molecule has 6 nitrogen and oxygen atoms in total. The summed E-state index contributed by atoms with van der Waals surface area (Å²) >= 11 is 0. The average Bonchev–Trinajstić information content (AvgIpc) is 2.75. The van der Waals surface area contributed by atoms with Crippen LogP contribution in [0.15, 0.2) is 77.9 Å². The van der Waals surface area contributed by atoms with Crippen molar-refractivity contribution >= 4 is 17.6 Å². The van der Waals surface area contributed by atoms with Gasteiger partial charge in [-0.25, -0.2) is 9.38 Å². The standard InChI is InChI=1S/C22H21FN4O2/c1-2-29-20-9-4-3-8-19(20)26-22(25-15-18-7-5-6-14-24-18)27-21(28)16-10-12-17(23)13-11-16/h3-14H,2,15H2,1H3,(H2,25,26,27,28). The van der Waals surface area contributed by atoms with Crippen molar-refractivity contribution in [2.45, 2.75) is 13.5 Å². The van der Waals surface area contributed by atoms with Crippen molar-refractivity contribution < 1.29 is 13.9 Å². The van der Waals surface area contributed by atoms with E-state index in [-0.39, 0.29) is 12.5 Å². The number of ether oxygens (including phenoxy) is 1. The van der Waals surface area contributed by atoms with Gasteiger partial charge in [-0.1, -0.05) is 18.2 Å². The maximum Gasteiger partial charge on any atom is 0.257 e. The van der Waals surface area contributed by atoms with Crippen LogP contribution in [0, 0.1) is 5.82 Å². The second kappa shape index (κ2) is 9.98. The zero-order chi connectivity index (χ0) is 20.5. The predicted octanol–water partition coefficient (Wildman–Crippen LogP) is 4.02. The number of para-hydroxylation sites is 2. The fourth-order valence-electron chi connectivity index (χ4n) is 2.52. The van der Waals surface area contributed by atoms with Crippen LogP contribution >= 0.6 is 0 Å². The highest BCUT2D eigenvalue weighted by Crippen LogP contribution is 2.23. The Hall–Kier alpha value is -3.74. The summed E-state index contributed by atoms with van der Waals surface area (Å²) in [5.41, 5.74) is 1.73. The molecule has 0 aliphatic carbocycles. The number of halogens is 1. The van der Waals surface area contributed by atoms with E-state index in [9.17, 15) is 9.18 Å². The largest absolute Gasteiger partial charge is 0.492 e. The van der Waals surface area contributed by atoms with Crippen LogP contribution in [0.1, 0.15) is 23.0 Å². The molecule has 3 rings (SSSR count). The zero-order valence-corrected chi connectivity index (χ0v) is 15.9. The molecule has 0 unspecified atom stereocenters. The number of amides is 1. The van der Waals surface area contributed by atoms with Gasteiger partial charge in [0.25, 0.3) is 5.91 Å². The highest BCUT2D eigenvalue weighted by molar-refractivity contribution is 6.10. The van der Waals surface area contributed by atoms with E-state index in [0.717, 1.165) is 5.69 Å². The van der Waals surface area contributed by atoms with Gasteiger partial charge in [0.05, 0.1) is 24.5 Å². The summed E-state index contributed by atoms with van der Waals surface area (Å²) in [6, 6.07) is 18.2. The van der Waals surface area contributed by atoms with E-state index in [2.05, 4.69) is 20.6 Å². The third-order valence-electron chi connectivity index (χ3n) is 3.90. The molecule has 148 valence electrons. The normalized spacial score (nSPS) is 11.0. The van der Waals surface area contributed by atoms with E-state index in [1.54, 1.807) is 6.20 Å². The topological polar surface area (TPSA) is 75.6 Å². The summed E-state index contributed by atoms with van der Waals surface area (Å²) in [5.74, 6) is 0.0502. The highest BCUT2D eigenvalue weighted by Gasteiger charge is 2.12. The van der Waals surface area contributed by atoms with Gasteiger partial charge in [-0.3, -0.25) is 15.1 Å². The van der Waals surface area contributed by atoms with Crippen molar-refractivity contribution in [3.05, 3.63) is 90.0 Å². The molecule has 0 atom stereocenters. The number of benzene rings is 2. The number of carbonyl (C=O) groups is 1. The molecule has 0 spiro atoms. The number of aromatic nitrogens is 1. The lowest BCUT2D eigenvalue weighted by molar-refractivity contribution is 0.0977. The number of hydrogen-bond acceptors (Lipinski definition) is 4. The molecule has 0 aliphatic heterocycles. The highest BCUT2D eigenvalue weighted by atomic mass is 19.1. The quantitative estimate of drug-likeness (QED) is 0.491. The summed E-state index contributed by atoms with van der Waals surface area (Å²) in [4.78, 5) is 21.3. The maximum absolute atomic E-state index is 13.1. The monoisotopic (exact) mass is 392 g/mol. The van der Waals surface area contributed by atoms with E-state index in [1.807, 2.05) is 49.4 Å². The first-order valence-corrected chi connectivity index (χ1v) is 9.16. The Morgan fingerprint density at radius 2 is 1.83 bits per heavy atom. The number of pyridine rings is 1. The Morgan fingerprint density at radius 1 is 1.07 bits per heavy atom. The molecule has 0 saturated carbocycles. The van der Waals surface area contributed by atoms with Crippen LogP contribution in [0.4, 0.5) is 10.1 Å². The molecule has 0 radical (unpaired) electrons. The van der Waals surface area contributed by atoms with Crippen molar-refractivity contribution in [3.8, 4) is 5.75 Å². The summed E-state index contributed by atoms with van der Waals surface area (Å²) in [7, 11) is 0. The van der Waals surface area contributed by atoms with E-state index >= 15 is 0 Å². The molecule has 1 heterocycles. The SMILES string of the molecule is CCOc1ccccc1NC(=NCc1ccccn1)NC(=O)c1ccc(F)cc1. The van der Waals surface area contributed by atoms with Gasteiger partial charge < -0.3 is 10.1 Å². The van der Waals surface area contributed by atoms with Gasteiger partial charge in [-0.2, -0.15) is 0 Å². The molecule has 29 heavy (non-hydrogen) atoms. The number of rotatable bonds is 6. The Balaban J connectivity index is 1.83. The van der Waals surface area contributed by atoms with Crippen molar-refractivity contribution in [2.75, 3.05) is 11.9 Å². The first-order valence-electron chi connectivity index (χ1n) is 9.16. The number of nitrogens with zero attached hydrogens (tertiary/aromatic N) is 2. The smallest absolute Gasteiger partial charge is 0.257 e. The van der Waals surface area contributed by atoms with E-state index in [4.69, 9.17) is 4.74 Å². The summed E-state index contributed by atoms with van der Waals surface area (Å²) in [6.07, 6.45) is 1.68. The minimum atomic E-state index is -0.411. The lowest BCUT2D eigenvalue weighted by atomic mass is 10.2. The van der Waals surface area contributed by atoms with Crippen LogP contribution in [0.5, 0.6) is 5.75 Å². The number of anilines is 1. The number of hydrogen-bond donors (Lipinski definition) is 2. The van der Waals surface area contributed by atoms with Crippen LogP contribution in [-0.2, 0) is 6.54 Å². The van der Waals surface area contributed by atoms with Crippen LogP contribution in [-0.4, -0.2) is 23.5 Å². The molecule has 1 aromatic heterocycles. The molecule has 0 bridgehead atoms. The van der Waals surface area contributed by atoms with Crippen molar-refractivity contribution in [2.24, 2.45) is 4.99 Å². The molecule has 2 N–H and O–H groups in total. The van der Waals surface area contributed by atoms with Crippen molar-refractivity contribution in [3.63, 3.8) is 0 Å². The summed E-state index contributed by atoms with van der Waals surface area (Å²) in [5, 5.41) is 5.84. The van der Waals surface area contributed by atoms with Crippen LogP contribution < -0.4 is 15.4 Å². The summed E-state index contributed by atoms with van der Waals surface area (Å²) in [6.45, 7) is 2.66. The van der Waals surface area contributed by atoms with Crippen LogP contribution in [0.2, 0.25) is 0 Å². The molecule has 0 aliphatic rings. The molecule has 0 fully saturated rings. The maximum atomic E-state index is 13.1. The van der Waals surface area contributed by atoms with Gasteiger partial charge in [0.2, 0.25) is 5.96 Å². The third-order valence-corrected chi connectivity index (χ3v) is 3.90. The lowest BCUT2D eigenvalue weighted by Gasteiger charge is -2.15. The first kappa shape index (κ1) is 20.0. The Labute approximate surface area is 168 Å². The average molecular weight is 392 g/mol. The molecule has 7 heteroatoms. The molecular formula is C22H21FN4O2. The molecule has 1 amide bonds. The predicted molar refractivity (Wildman–Crippen MR) is 110 cm³/mol. The molecule has 0 saturated heterocycles. The fourth-order valence-corrected chi connectivity index (χ4v) is 2.52. The third kappa shape index (κ3) is 5.87. The number of carbonyl (C=O) groups excluding carboxylic acids is 1. The van der Waals surface area contributed by atoms with Crippen molar-refractivity contribution in [1.29, 1.82) is 0 Å².